The van der Waals surface area contributed by atoms with E-state index in [0.717, 1.165) is 49.0 Å². The number of hydrogen-bond acceptors (Lipinski definition) is 5. The lowest BCUT2D eigenvalue weighted by atomic mass is 10.1. The fourth-order valence-electron chi connectivity index (χ4n) is 2.63. The summed E-state index contributed by atoms with van der Waals surface area (Å²) < 4.78 is 0. The second-order valence-electron chi connectivity index (χ2n) is 6.63. The molecule has 0 aliphatic carbocycles. The Kier molecular flexibility index (Phi) is 4.71. The third-order valence-electron chi connectivity index (χ3n) is 3.95. The second kappa shape index (κ2) is 6.18. The van der Waals surface area contributed by atoms with Gasteiger partial charge in [-0.1, -0.05) is 20.8 Å². The van der Waals surface area contributed by atoms with Crippen molar-refractivity contribution >= 4 is 11.6 Å². The van der Waals surface area contributed by atoms with Crippen LogP contribution in [0.5, 0.6) is 0 Å². The average Bonchev–Trinajstić information content (AvgIpc) is 2.77. The normalized spacial score (nSPS) is 22.1. The van der Waals surface area contributed by atoms with Gasteiger partial charge in [0.05, 0.1) is 5.60 Å². The zero-order valence-corrected chi connectivity index (χ0v) is 13.9. The molecule has 1 aliphatic heterocycles. The summed E-state index contributed by atoms with van der Waals surface area (Å²) in [4.78, 5) is 11.6. The van der Waals surface area contributed by atoms with Crippen molar-refractivity contribution in [3.63, 3.8) is 0 Å². The summed E-state index contributed by atoms with van der Waals surface area (Å²) in [6, 6.07) is 0. The smallest absolute Gasteiger partial charge is 0.137 e. The van der Waals surface area contributed by atoms with E-state index in [4.69, 9.17) is 4.98 Å². The molecule has 2 rings (SSSR count). The largest absolute Gasteiger partial charge is 0.388 e. The third-order valence-corrected chi connectivity index (χ3v) is 3.95. The lowest BCUT2D eigenvalue weighted by molar-refractivity contribution is 0.0839. The molecule has 1 saturated heterocycles. The van der Waals surface area contributed by atoms with Gasteiger partial charge in [0.25, 0.3) is 0 Å². The molecule has 1 aromatic rings. The molecule has 1 fully saturated rings. The zero-order chi connectivity index (χ0) is 15.6. The van der Waals surface area contributed by atoms with Crippen LogP contribution < -0.4 is 10.2 Å². The summed E-state index contributed by atoms with van der Waals surface area (Å²) in [5.74, 6) is 3.04. The van der Waals surface area contributed by atoms with Gasteiger partial charge in [-0.3, -0.25) is 0 Å². The Morgan fingerprint density at radius 2 is 2.10 bits per heavy atom. The molecule has 118 valence electrons. The van der Waals surface area contributed by atoms with Gasteiger partial charge in [-0.05, 0) is 26.7 Å². The molecule has 0 amide bonds. The molecule has 1 aromatic heterocycles. The van der Waals surface area contributed by atoms with Crippen LogP contribution in [-0.4, -0.2) is 40.3 Å². The minimum atomic E-state index is -0.619. The molecule has 1 aliphatic rings. The maximum Gasteiger partial charge on any atom is 0.137 e. The van der Waals surface area contributed by atoms with Crippen molar-refractivity contribution in [1.29, 1.82) is 0 Å². The Bertz CT molecular complexity index is 499. The number of hydrogen-bond donors (Lipinski definition) is 2. The van der Waals surface area contributed by atoms with E-state index in [1.807, 2.05) is 6.92 Å². The number of β-amino-alcohol motifs (C(OH)–C–C–N with tert-alkyl or cyclic N) is 1. The van der Waals surface area contributed by atoms with Crippen LogP contribution in [0.1, 0.15) is 57.8 Å². The van der Waals surface area contributed by atoms with Crippen molar-refractivity contribution in [2.45, 2.75) is 59.0 Å². The van der Waals surface area contributed by atoms with Crippen LogP contribution in [-0.2, 0) is 0 Å². The fourth-order valence-corrected chi connectivity index (χ4v) is 2.63. The summed E-state index contributed by atoms with van der Waals surface area (Å²) in [6.07, 6.45) is 1.85. The van der Waals surface area contributed by atoms with Gasteiger partial charge in [0.15, 0.2) is 0 Å². The van der Waals surface area contributed by atoms with Crippen molar-refractivity contribution in [2.24, 2.45) is 0 Å². The highest BCUT2D eigenvalue weighted by atomic mass is 16.3. The minimum absolute atomic E-state index is 0.287. The van der Waals surface area contributed by atoms with E-state index >= 15 is 0 Å². The molecule has 0 aromatic carbocycles. The van der Waals surface area contributed by atoms with Crippen molar-refractivity contribution in [3.05, 3.63) is 11.4 Å². The molecule has 2 N–H and O–H groups in total. The number of rotatable bonds is 5. The third kappa shape index (κ3) is 3.64. The van der Waals surface area contributed by atoms with E-state index in [1.54, 1.807) is 0 Å². The Morgan fingerprint density at radius 3 is 2.62 bits per heavy atom. The molecule has 2 heterocycles. The van der Waals surface area contributed by atoms with Crippen LogP contribution in [0.2, 0.25) is 0 Å². The van der Waals surface area contributed by atoms with Crippen LogP contribution in [0.15, 0.2) is 0 Å². The minimum Gasteiger partial charge on any atom is -0.388 e. The van der Waals surface area contributed by atoms with Crippen LogP contribution in [0.3, 0.4) is 0 Å². The average molecular weight is 292 g/mol. The van der Waals surface area contributed by atoms with Gasteiger partial charge in [-0.25, -0.2) is 9.97 Å². The van der Waals surface area contributed by atoms with Crippen LogP contribution >= 0.6 is 0 Å². The monoisotopic (exact) mass is 292 g/mol. The lowest BCUT2D eigenvalue weighted by Gasteiger charge is -2.24. The quantitative estimate of drug-likeness (QED) is 0.873. The maximum absolute atomic E-state index is 10.2. The predicted octanol–water partition coefficient (Wildman–Crippen LogP) is 2.69. The first-order valence-electron chi connectivity index (χ1n) is 7.94. The van der Waals surface area contributed by atoms with Crippen molar-refractivity contribution < 1.29 is 5.11 Å². The Labute approximate surface area is 127 Å². The Hall–Kier alpha value is -1.36. The summed E-state index contributed by atoms with van der Waals surface area (Å²) in [5, 5.41) is 13.6. The highest BCUT2D eigenvalue weighted by Crippen LogP contribution is 2.31. The number of nitrogens with zero attached hydrogens (tertiary/aromatic N) is 3. The maximum atomic E-state index is 10.2. The lowest BCUT2D eigenvalue weighted by Crippen LogP contribution is -2.31. The molecule has 1 atom stereocenters. The highest BCUT2D eigenvalue weighted by Gasteiger charge is 2.33. The van der Waals surface area contributed by atoms with E-state index in [-0.39, 0.29) is 5.92 Å². The summed E-state index contributed by atoms with van der Waals surface area (Å²) >= 11 is 0. The van der Waals surface area contributed by atoms with Crippen molar-refractivity contribution in [1.82, 2.24) is 9.97 Å². The molecule has 5 heteroatoms. The van der Waals surface area contributed by atoms with Gasteiger partial charge in [0.1, 0.15) is 17.5 Å². The summed E-state index contributed by atoms with van der Waals surface area (Å²) in [6.45, 7) is 12.7. The molecule has 0 bridgehead atoms. The molecule has 5 nitrogen and oxygen atoms in total. The molecule has 0 saturated carbocycles. The van der Waals surface area contributed by atoms with Crippen molar-refractivity contribution in [3.8, 4) is 0 Å². The van der Waals surface area contributed by atoms with Crippen LogP contribution in [0, 0.1) is 6.92 Å². The fraction of sp³-hybridized carbons (Fsp3) is 0.750. The highest BCUT2D eigenvalue weighted by molar-refractivity contribution is 5.59. The first-order chi connectivity index (χ1) is 9.84. The van der Waals surface area contributed by atoms with Gasteiger partial charge < -0.3 is 15.3 Å². The standard InChI is InChI=1S/C16H28N4O/c1-6-8-17-14-12(4)15(19-13(18-14)11(2)3)20-9-7-16(5,21)10-20/h11,21H,6-10H2,1-5H3,(H,17,18,19). The van der Waals surface area contributed by atoms with Crippen LogP contribution in [0.4, 0.5) is 11.6 Å². The Morgan fingerprint density at radius 1 is 1.38 bits per heavy atom. The predicted molar refractivity (Wildman–Crippen MR) is 87.1 cm³/mol. The summed E-state index contributed by atoms with van der Waals surface area (Å²) in [7, 11) is 0. The number of aromatic nitrogens is 2. The van der Waals surface area contributed by atoms with Crippen molar-refractivity contribution in [2.75, 3.05) is 29.9 Å². The van der Waals surface area contributed by atoms with E-state index in [1.165, 1.54) is 0 Å². The molecule has 0 spiro atoms. The van der Waals surface area contributed by atoms with Crippen LogP contribution in [0.25, 0.3) is 0 Å². The topological polar surface area (TPSA) is 61.3 Å². The summed E-state index contributed by atoms with van der Waals surface area (Å²) in [5.41, 5.74) is 0.456. The SMILES string of the molecule is CCCNc1nc(C(C)C)nc(N2CCC(C)(O)C2)c1C. The van der Waals surface area contributed by atoms with E-state index in [9.17, 15) is 5.11 Å². The van der Waals surface area contributed by atoms with Gasteiger partial charge in [-0.15, -0.1) is 0 Å². The molecule has 1 unspecified atom stereocenters. The molecular weight excluding hydrogens is 264 g/mol. The van der Waals surface area contributed by atoms with Gasteiger partial charge in [0.2, 0.25) is 0 Å². The Balaban J connectivity index is 2.37. The second-order valence-corrected chi connectivity index (χ2v) is 6.63. The van der Waals surface area contributed by atoms with E-state index in [2.05, 4.69) is 42.9 Å². The van der Waals surface area contributed by atoms with E-state index < -0.39 is 5.60 Å². The molecular formula is C16H28N4O. The van der Waals surface area contributed by atoms with Gasteiger partial charge >= 0.3 is 0 Å². The number of anilines is 2. The van der Waals surface area contributed by atoms with E-state index in [0.29, 0.717) is 6.54 Å². The number of nitrogens with one attached hydrogen (secondary N) is 1. The van der Waals surface area contributed by atoms with Gasteiger partial charge in [-0.2, -0.15) is 0 Å². The molecule has 21 heavy (non-hydrogen) atoms. The first kappa shape index (κ1) is 16.0. The number of aliphatic hydroxyl groups is 1. The van der Waals surface area contributed by atoms with Gasteiger partial charge in [0, 0.05) is 31.1 Å². The molecule has 0 radical (unpaired) electrons. The zero-order valence-electron chi connectivity index (χ0n) is 13.9. The first-order valence-corrected chi connectivity index (χ1v) is 7.94.